The first-order valence-electron chi connectivity index (χ1n) is 5.84. The molecule has 0 spiro atoms. The first-order valence-corrected chi connectivity index (χ1v) is 7.78. The van der Waals surface area contributed by atoms with E-state index in [2.05, 4.69) is 6.92 Å². The van der Waals surface area contributed by atoms with Crippen molar-refractivity contribution < 1.29 is 13.3 Å². The highest BCUT2D eigenvalue weighted by Gasteiger charge is 2.42. The van der Waals surface area contributed by atoms with Crippen molar-refractivity contribution in [3.8, 4) is 0 Å². The van der Waals surface area contributed by atoms with E-state index in [4.69, 9.17) is 13.3 Å². The Bertz CT molecular complexity index is 146. The zero-order valence-corrected chi connectivity index (χ0v) is 12.2. The summed E-state index contributed by atoms with van der Waals surface area (Å²) in [4.78, 5) is 0. The zero-order valence-electron chi connectivity index (χ0n) is 11.2. The molecule has 0 radical (unpaired) electrons. The summed E-state index contributed by atoms with van der Waals surface area (Å²) in [6.45, 7) is 14.2. The minimum Gasteiger partial charge on any atom is -0.371 e. The summed E-state index contributed by atoms with van der Waals surface area (Å²) in [5.41, 5.74) is 0. The van der Waals surface area contributed by atoms with E-state index < -0.39 is 8.80 Å². The Kier molecular flexibility index (Phi) is 9.82. The van der Waals surface area contributed by atoms with Gasteiger partial charge in [-0.25, -0.2) is 0 Å². The second-order valence-corrected chi connectivity index (χ2v) is 7.32. The van der Waals surface area contributed by atoms with Crippen LogP contribution < -0.4 is 0 Å². The lowest BCUT2D eigenvalue weighted by Gasteiger charge is -2.33. The normalized spacial score (nSPS) is 12.4. The molecule has 3 nitrogen and oxygen atoms in total. The predicted octanol–water partition coefficient (Wildman–Crippen LogP) is 1.77. The standard InChI is InChI=1S/C11H26O3Si.H4Si/c1-8-15(12-9(2)3,13-10(4)5)14-11(6)7;/h9-11H,8H2,1-7H3;1H4. The third-order valence-electron chi connectivity index (χ3n) is 1.68. The number of hydrogen-bond donors (Lipinski definition) is 0. The van der Waals surface area contributed by atoms with Gasteiger partial charge in [0.25, 0.3) is 0 Å². The maximum Gasteiger partial charge on any atom is 0.501 e. The van der Waals surface area contributed by atoms with Crippen molar-refractivity contribution in [1.29, 1.82) is 0 Å². The number of rotatable bonds is 7. The highest BCUT2D eigenvalue weighted by molar-refractivity contribution is 6.60. The Balaban J connectivity index is 0. The highest BCUT2D eigenvalue weighted by Crippen LogP contribution is 2.21. The smallest absolute Gasteiger partial charge is 0.371 e. The molecular weight excluding hydrogens is 236 g/mol. The maximum absolute atomic E-state index is 5.90. The fourth-order valence-electron chi connectivity index (χ4n) is 1.41. The Morgan fingerprint density at radius 2 is 1.00 bits per heavy atom. The van der Waals surface area contributed by atoms with Crippen LogP contribution in [0.2, 0.25) is 6.04 Å². The van der Waals surface area contributed by atoms with E-state index in [1.807, 2.05) is 41.5 Å². The molecule has 0 bridgehead atoms. The van der Waals surface area contributed by atoms with Crippen LogP contribution in [0.4, 0.5) is 0 Å². The van der Waals surface area contributed by atoms with Crippen LogP contribution in [0, 0.1) is 0 Å². The van der Waals surface area contributed by atoms with Crippen LogP contribution in [0.25, 0.3) is 0 Å². The predicted molar refractivity (Wildman–Crippen MR) is 76.2 cm³/mol. The third kappa shape index (κ3) is 7.56. The average Bonchev–Trinajstić information content (AvgIpc) is 1.99. The van der Waals surface area contributed by atoms with Crippen LogP contribution in [-0.4, -0.2) is 38.1 Å². The zero-order chi connectivity index (χ0) is 12.1. The van der Waals surface area contributed by atoms with Crippen molar-refractivity contribution in [3.63, 3.8) is 0 Å². The molecule has 0 fully saturated rings. The van der Waals surface area contributed by atoms with Crippen LogP contribution in [0.5, 0.6) is 0 Å². The van der Waals surface area contributed by atoms with E-state index in [1.165, 1.54) is 0 Å². The second-order valence-electron chi connectivity index (χ2n) is 4.54. The summed E-state index contributed by atoms with van der Waals surface area (Å²) in [5.74, 6) is 0. The molecule has 0 atom stereocenters. The molecule has 0 N–H and O–H groups in total. The van der Waals surface area contributed by atoms with Gasteiger partial charge in [-0.3, -0.25) is 0 Å². The summed E-state index contributed by atoms with van der Waals surface area (Å²) in [6, 6.07) is 0.821. The van der Waals surface area contributed by atoms with Crippen LogP contribution in [0.1, 0.15) is 48.5 Å². The van der Waals surface area contributed by atoms with Crippen LogP contribution in [0.3, 0.4) is 0 Å². The van der Waals surface area contributed by atoms with Gasteiger partial charge in [-0.2, -0.15) is 0 Å². The lowest BCUT2D eigenvalue weighted by atomic mass is 10.5. The van der Waals surface area contributed by atoms with Crippen LogP contribution in [-0.2, 0) is 13.3 Å². The monoisotopic (exact) mass is 266 g/mol. The summed E-state index contributed by atoms with van der Waals surface area (Å²) < 4.78 is 17.7. The molecule has 0 amide bonds. The molecule has 0 aliphatic heterocycles. The van der Waals surface area contributed by atoms with Gasteiger partial charge >= 0.3 is 8.80 Å². The molecular formula is C11H30O3Si2. The topological polar surface area (TPSA) is 27.7 Å². The SMILES string of the molecule is CC[Si](OC(C)C)(OC(C)C)OC(C)C.[SiH4]. The Hall–Kier alpha value is 0.314. The van der Waals surface area contributed by atoms with Gasteiger partial charge < -0.3 is 13.3 Å². The Morgan fingerprint density at radius 1 is 0.750 bits per heavy atom. The highest BCUT2D eigenvalue weighted by atomic mass is 28.4. The first kappa shape index (κ1) is 18.7. The molecule has 0 saturated heterocycles. The fourth-order valence-corrected chi connectivity index (χ4v) is 4.23. The largest absolute Gasteiger partial charge is 0.501 e. The van der Waals surface area contributed by atoms with E-state index in [9.17, 15) is 0 Å². The average molecular weight is 267 g/mol. The van der Waals surface area contributed by atoms with Crippen molar-refractivity contribution in [2.75, 3.05) is 0 Å². The molecule has 16 heavy (non-hydrogen) atoms. The molecule has 0 aromatic carbocycles. The van der Waals surface area contributed by atoms with E-state index in [1.54, 1.807) is 0 Å². The molecule has 0 aliphatic rings. The van der Waals surface area contributed by atoms with Crippen molar-refractivity contribution in [3.05, 3.63) is 0 Å². The minimum atomic E-state index is -2.46. The van der Waals surface area contributed by atoms with Gasteiger partial charge in [0, 0.05) is 24.4 Å². The van der Waals surface area contributed by atoms with E-state index in [0.717, 1.165) is 6.04 Å². The lowest BCUT2D eigenvalue weighted by Crippen LogP contribution is -2.50. The minimum absolute atomic E-state index is 0. The van der Waals surface area contributed by atoms with Gasteiger partial charge in [0.15, 0.2) is 0 Å². The molecule has 0 unspecified atom stereocenters. The van der Waals surface area contributed by atoms with E-state index in [-0.39, 0.29) is 29.3 Å². The Labute approximate surface area is 106 Å². The van der Waals surface area contributed by atoms with Gasteiger partial charge in [0.1, 0.15) is 0 Å². The van der Waals surface area contributed by atoms with Gasteiger partial charge in [-0.05, 0) is 52.5 Å². The van der Waals surface area contributed by atoms with Crippen LogP contribution >= 0.6 is 0 Å². The Morgan fingerprint density at radius 3 is 1.12 bits per heavy atom. The molecule has 0 rings (SSSR count). The van der Waals surface area contributed by atoms with Crippen molar-refractivity contribution in [2.24, 2.45) is 0 Å². The van der Waals surface area contributed by atoms with Crippen molar-refractivity contribution in [1.82, 2.24) is 0 Å². The molecule has 0 heterocycles. The van der Waals surface area contributed by atoms with Gasteiger partial charge in [-0.15, -0.1) is 0 Å². The molecule has 5 heteroatoms. The van der Waals surface area contributed by atoms with Crippen LogP contribution in [0.15, 0.2) is 0 Å². The van der Waals surface area contributed by atoms with Crippen molar-refractivity contribution >= 4 is 19.8 Å². The van der Waals surface area contributed by atoms with E-state index >= 15 is 0 Å². The first-order chi connectivity index (χ1) is 6.81. The summed E-state index contributed by atoms with van der Waals surface area (Å²) >= 11 is 0. The third-order valence-corrected chi connectivity index (χ3v) is 5.04. The summed E-state index contributed by atoms with van der Waals surface area (Å²) in [6.07, 6.45) is 0.442. The summed E-state index contributed by atoms with van der Waals surface area (Å²) in [7, 11) is -2.46. The molecule has 0 aliphatic carbocycles. The van der Waals surface area contributed by atoms with Gasteiger partial charge in [-0.1, -0.05) is 6.92 Å². The summed E-state index contributed by atoms with van der Waals surface area (Å²) in [5, 5.41) is 0. The maximum atomic E-state index is 5.90. The quantitative estimate of drug-likeness (QED) is 0.657. The van der Waals surface area contributed by atoms with Crippen molar-refractivity contribution in [2.45, 2.75) is 72.8 Å². The molecule has 100 valence electrons. The molecule has 0 aromatic rings. The lowest BCUT2D eigenvalue weighted by molar-refractivity contribution is 0.00418. The number of hydrogen-bond acceptors (Lipinski definition) is 3. The van der Waals surface area contributed by atoms with Gasteiger partial charge in [0.2, 0.25) is 0 Å². The molecule has 0 saturated carbocycles. The van der Waals surface area contributed by atoms with Gasteiger partial charge in [0.05, 0.1) is 0 Å². The second kappa shape index (κ2) is 8.41. The molecule has 0 aromatic heterocycles. The fraction of sp³-hybridized carbons (Fsp3) is 1.00. The van der Waals surface area contributed by atoms with E-state index in [0.29, 0.717) is 0 Å².